The van der Waals surface area contributed by atoms with Crippen molar-refractivity contribution in [2.75, 3.05) is 6.54 Å². The molecule has 0 aliphatic carbocycles. The first-order valence-corrected chi connectivity index (χ1v) is 1.19. The zero-order chi connectivity index (χ0) is 4.28. The van der Waals surface area contributed by atoms with Crippen LogP contribution in [-0.2, 0) is 4.79 Å². The van der Waals surface area contributed by atoms with Crippen LogP contribution in [0, 0.1) is 0 Å². The van der Waals surface area contributed by atoms with Crippen molar-refractivity contribution in [1.29, 1.82) is 0 Å². The normalized spacial score (nSPS) is 5.29. The van der Waals surface area contributed by atoms with Gasteiger partial charge in [-0.1, -0.05) is 0 Å². The first-order valence-electron chi connectivity index (χ1n) is 1.19. The number of aliphatic carboxylic acids is 1. The molecule has 3 N–H and O–H groups in total. The third-order valence-corrected chi connectivity index (χ3v) is 0.175. The molecule has 38 valence electrons. The summed E-state index contributed by atoms with van der Waals surface area (Å²) in [6.07, 6.45) is 0. The summed E-state index contributed by atoms with van der Waals surface area (Å²) in [7, 11) is 0. The second-order valence-electron chi connectivity index (χ2n) is 0.598. The minimum absolute atomic E-state index is 0. The molecule has 3 nitrogen and oxygen atoms in total. The Morgan fingerprint density at radius 1 is 1.71 bits per heavy atom. The number of halogens is 1. The zero-order valence-corrected chi connectivity index (χ0v) is 6.77. The molecule has 0 atom stereocenters. The molecule has 0 aromatic rings. The molecule has 0 saturated carbocycles. The topological polar surface area (TPSA) is 63.3 Å². The van der Waals surface area contributed by atoms with Crippen LogP contribution >= 0.6 is 0 Å². The van der Waals surface area contributed by atoms with Gasteiger partial charge in [-0.05, 0) is 0 Å². The van der Waals surface area contributed by atoms with Crippen LogP contribution in [0.4, 0.5) is 0 Å². The van der Waals surface area contributed by atoms with Gasteiger partial charge in [0.05, 0.1) is 6.54 Å². The van der Waals surface area contributed by atoms with E-state index < -0.39 is 5.97 Å². The summed E-state index contributed by atoms with van der Waals surface area (Å²) in [6.45, 7) is -0.278. The second kappa shape index (κ2) is 9.87. The molecule has 0 fully saturated rings. The molecule has 0 aliphatic heterocycles. The molecule has 0 bridgehead atoms. The van der Waals surface area contributed by atoms with E-state index in [0.29, 0.717) is 0 Å². The smallest absolute Gasteiger partial charge is 1.00 e. The fourth-order valence-corrected chi connectivity index (χ4v) is 0. The SMILES string of the molecule is NCC(=O)O.[Cl-].[Na+]. The Balaban J connectivity index is -0.0000000800. The van der Waals surface area contributed by atoms with E-state index in [1.54, 1.807) is 0 Å². The summed E-state index contributed by atoms with van der Waals surface area (Å²) >= 11 is 0. The monoisotopic (exact) mass is 133 g/mol. The van der Waals surface area contributed by atoms with E-state index >= 15 is 0 Å². The van der Waals surface area contributed by atoms with Gasteiger partial charge in [-0.25, -0.2) is 0 Å². The average Bonchev–Trinajstić information content (AvgIpc) is 1.38. The van der Waals surface area contributed by atoms with Gasteiger partial charge in [-0.2, -0.15) is 0 Å². The number of rotatable bonds is 1. The number of nitrogens with two attached hydrogens (primary N) is 1. The summed E-state index contributed by atoms with van der Waals surface area (Å²) in [5.74, 6) is -0.968. The molecular formula is C2H5ClNNaO2. The summed E-state index contributed by atoms with van der Waals surface area (Å²) in [4.78, 5) is 9.24. The van der Waals surface area contributed by atoms with Crippen LogP contribution in [0.1, 0.15) is 0 Å². The van der Waals surface area contributed by atoms with Crippen molar-refractivity contribution in [3.8, 4) is 0 Å². The number of hydrogen-bond donors (Lipinski definition) is 2. The van der Waals surface area contributed by atoms with Crippen molar-refractivity contribution in [2.24, 2.45) is 5.73 Å². The van der Waals surface area contributed by atoms with E-state index in [2.05, 4.69) is 5.73 Å². The molecule has 0 heterocycles. The van der Waals surface area contributed by atoms with Crippen LogP contribution in [0.15, 0.2) is 0 Å². The standard InChI is InChI=1S/C2H5NO2.ClH.Na/c3-1-2(4)5;;/h1,3H2,(H,4,5);1H;/q;;+1/p-1. The Morgan fingerprint density at radius 3 is 1.86 bits per heavy atom. The van der Waals surface area contributed by atoms with Gasteiger partial charge in [0.25, 0.3) is 0 Å². The van der Waals surface area contributed by atoms with Crippen LogP contribution in [-0.4, -0.2) is 17.6 Å². The Labute approximate surface area is 70.0 Å². The molecule has 5 heteroatoms. The predicted molar refractivity (Wildman–Crippen MR) is 16.7 cm³/mol. The Kier molecular flexibility index (Phi) is 22.1. The summed E-state index contributed by atoms with van der Waals surface area (Å²) < 4.78 is 0. The van der Waals surface area contributed by atoms with Crippen molar-refractivity contribution >= 4 is 5.97 Å². The third-order valence-electron chi connectivity index (χ3n) is 0.175. The largest absolute Gasteiger partial charge is 1.00 e. The molecule has 0 rings (SSSR count). The van der Waals surface area contributed by atoms with Gasteiger partial charge in [0.1, 0.15) is 0 Å². The molecular weight excluding hydrogens is 128 g/mol. The molecule has 0 saturated heterocycles. The second-order valence-corrected chi connectivity index (χ2v) is 0.598. The molecule has 0 radical (unpaired) electrons. The van der Waals surface area contributed by atoms with Gasteiger partial charge in [-0.3, -0.25) is 4.79 Å². The average molecular weight is 134 g/mol. The predicted octanol–water partition coefficient (Wildman–Crippen LogP) is -6.96. The summed E-state index contributed by atoms with van der Waals surface area (Å²) in [5.41, 5.74) is 4.57. The molecule has 0 unspecified atom stereocenters. The van der Waals surface area contributed by atoms with Crippen molar-refractivity contribution in [3.63, 3.8) is 0 Å². The molecule has 0 aromatic carbocycles. The maximum absolute atomic E-state index is 9.24. The van der Waals surface area contributed by atoms with Crippen molar-refractivity contribution in [2.45, 2.75) is 0 Å². The van der Waals surface area contributed by atoms with E-state index in [-0.39, 0.29) is 48.5 Å². The molecule has 0 spiro atoms. The Hall–Kier alpha value is 0.720. The van der Waals surface area contributed by atoms with E-state index in [9.17, 15) is 4.79 Å². The summed E-state index contributed by atoms with van der Waals surface area (Å²) in [5, 5.41) is 7.60. The van der Waals surface area contributed by atoms with Gasteiger partial charge >= 0.3 is 35.5 Å². The third kappa shape index (κ3) is 20.2. The fraction of sp³-hybridized carbons (Fsp3) is 0.500. The van der Waals surface area contributed by atoms with Gasteiger partial charge in [0, 0.05) is 0 Å². The zero-order valence-electron chi connectivity index (χ0n) is 4.02. The summed E-state index contributed by atoms with van der Waals surface area (Å²) in [6, 6.07) is 0. The first-order chi connectivity index (χ1) is 2.27. The van der Waals surface area contributed by atoms with Crippen molar-refractivity contribution in [1.82, 2.24) is 0 Å². The Morgan fingerprint density at radius 2 is 1.86 bits per heavy atom. The van der Waals surface area contributed by atoms with Gasteiger partial charge in [0.15, 0.2) is 0 Å². The first kappa shape index (κ1) is 15.6. The van der Waals surface area contributed by atoms with E-state index in [4.69, 9.17) is 5.11 Å². The molecule has 0 aliphatic rings. The van der Waals surface area contributed by atoms with E-state index in [1.807, 2.05) is 0 Å². The molecule has 0 amide bonds. The number of carboxylic acid groups (broad SMARTS) is 1. The minimum atomic E-state index is -0.968. The molecule has 0 aromatic heterocycles. The quantitative estimate of drug-likeness (QED) is 0.350. The van der Waals surface area contributed by atoms with Crippen molar-refractivity contribution in [3.05, 3.63) is 0 Å². The van der Waals surface area contributed by atoms with E-state index in [1.165, 1.54) is 0 Å². The Bertz CT molecular complexity index is 51.0. The van der Waals surface area contributed by atoms with Gasteiger partial charge in [0.2, 0.25) is 0 Å². The minimum Gasteiger partial charge on any atom is -1.00 e. The van der Waals surface area contributed by atoms with Gasteiger partial charge in [-0.15, -0.1) is 0 Å². The van der Waals surface area contributed by atoms with Crippen LogP contribution in [0.2, 0.25) is 0 Å². The number of carbonyl (C=O) groups is 1. The van der Waals surface area contributed by atoms with Gasteiger partial charge < -0.3 is 23.2 Å². The maximum Gasteiger partial charge on any atom is 1.00 e. The van der Waals surface area contributed by atoms with Crippen LogP contribution in [0.5, 0.6) is 0 Å². The van der Waals surface area contributed by atoms with Crippen molar-refractivity contribution < 1.29 is 51.9 Å². The van der Waals surface area contributed by atoms with Crippen LogP contribution in [0.25, 0.3) is 0 Å². The van der Waals surface area contributed by atoms with Crippen LogP contribution in [0.3, 0.4) is 0 Å². The number of carboxylic acids is 1. The van der Waals surface area contributed by atoms with Crippen LogP contribution < -0.4 is 47.7 Å². The van der Waals surface area contributed by atoms with E-state index in [0.717, 1.165) is 0 Å². The maximum atomic E-state index is 9.24. The molecule has 7 heavy (non-hydrogen) atoms. The number of hydrogen-bond acceptors (Lipinski definition) is 2. The fourth-order valence-electron chi connectivity index (χ4n) is 0.